The van der Waals surface area contributed by atoms with Gasteiger partial charge < -0.3 is 14.2 Å². The highest BCUT2D eigenvalue weighted by molar-refractivity contribution is 5.27. The molecule has 1 aliphatic rings. The summed E-state index contributed by atoms with van der Waals surface area (Å²) in [6.45, 7) is 4.38. The van der Waals surface area contributed by atoms with Crippen LogP contribution in [0, 0.1) is 13.8 Å². The molecule has 0 saturated carbocycles. The van der Waals surface area contributed by atoms with E-state index in [9.17, 15) is 0 Å². The van der Waals surface area contributed by atoms with Crippen molar-refractivity contribution in [1.82, 2.24) is 0 Å². The molecule has 0 aliphatic carbocycles. The van der Waals surface area contributed by atoms with Gasteiger partial charge in [-0.25, -0.2) is 0 Å². The van der Waals surface area contributed by atoms with Crippen molar-refractivity contribution in [2.24, 2.45) is 5.11 Å². The molecule has 2 aromatic rings. The lowest BCUT2D eigenvalue weighted by molar-refractivity contribution is -0.00774. The third-order valence-corrected chi connectivity index (χ3v) is 4.10. The van der Waals surface area contributed by atoms with Crippen LogP contribution in [0.3, 0.4) is 0 Å². The maximum absolute atomic E-state index is 8.66. The van der Waals surface area contributed by atoms with E-state index in [2.05, 4.69) is 10.0 Å². The predicted molar refractivity (Wildman–Crippen MR) is 94.7 cm³/mol. The van der Waals surface area contributed by atoms with Gasteiger partial charge in [0.2, 0.25) is 0 Å². The standard InChI is InChI=1S/C19H21N3O3/c1-13-3-7-15(8-4-13)23-12-18-17(11-19(25-18)21-22-20)24-16-9-5-14(2)6-10-16/h3-10,17-19H,11-12H2,1-2H3/t17-,18+,19-/m0/s1. The van der Waals surface area contributed by atoms with Gasteiger partial charge in [0, 0.05) is 11.3 Å². The topological polar surface area (TPSA) is 76.5 Å². The summed E-state index contributed by atoms with van der Waals surface area (Å²) in [4.78, 5) is 2.84. The Bertz CT molecular complexity index is 740. The molecule has 0 radical (unpaired) electrons. The fourth-order valence-corrected chi connectivity index (χ4v) is 2.70. The van der Waals surface area contributed by atoms with E-state index in [0.717, 1.165) is 11.5 Å². The van der Waals surface area contributed by atoms with Crippen LogP contribution in [0.25, 0.3) is 10.4 Å². The van der Waals surface area contributed by atoms with Gasteiger partial charge in [-0.3, -0.25) is 0 Å². The van der Waals surface area contributed by atoms with Crippen molar-refractivity contribution in [3.05, 3.63) is 70.1 Å². The Hall–Kier alpha value is -2.69. The molecule has 0 amide bonds. The molecule has 25 heavy (non-hydrogen) atoms. The maximum atomic E-state index is 8.66. The number of nitrogens with zero attached hydrogens (tertiary/aromatic N) is 3. The lowest BCUT2D eigenvalue weighted by atomic mass is 10.1. The fraction of sp³-hybridized carbons (Fsp3) is 0.368. The normalized spacial score (nSPS) is 22.2. The molecule has 1 fully saturated rings. The van der Waals surface area contributed by atoms with Gasteiger partial charge >= 0.3 is 0 Å². The average molecular weight is 339 g/mol. The van der Waals surface area contributed by atoms with E-state index >= 15 is 0 Å². The molecule has 0 bridgehead atoms. The molecule has 2 aromatic carbocycles. The summed E-state index contributed by atoms with van der Waals surface area (Å²) in [5.74, 6) is 1.54. The van der Waals surface area contributed by atoms with Crippen LogP contribution in [-0.4, -0.2) is 25.0 Å². The van der Waals surface area contributed by atoms with Gasteiger partial charge in [0.1, 0.15) is 36.5 Å². The monoisotopic (exact) mass is 339 g/mol. The van der Waals surface area contributed by atoms with Crippen molar-refractivity contribution in [3.63, 3.8) is 0 Å². The summed E-state index contributed by atoms with van der Waals surface area (Å²) in [6, 6.07) is 15.7. The Morgan fingerprint density at radius 1 is 1.04 bits per heavy atom. The first-order valence-corrected chi connectivity index (χ1v) is 8.26. The summed E-state index contributed by atoms with van der Waals surface area (Å²) >= 11 is 0. The van der Waals surface area contributed by atoms with Crippen molar-refractivity contribution in [1.29, 1.82) is 0 Å². The van der Waals surface area contributed by atoms with Crippen LogP contribution in [0.15, 0.2) is 53.6 Å². The number of hydrogen-bond acceptors (Lipinski definition) is 4. The number of rotatable bonds is 6. The fourth-order valence-electron chi connectivity index (χ4n) is 2.70. The van der Waals surface area contributed by atoms with E-state index < -0.39 is 6.23 Å². The van der Waals surface area contributed by atoms with Crippen LogP contribution in [-0.2, 0) is 4.74 Å². The van der Waals surface area contributed by atoms with Crippen LogP contribution in [0.2, 0.25) is 0 Å². The highest BCUT2D eigenvalue weighted by Crippen LogP contribution is 2.27. The van der Waals surface area contributed by atoms with Crippen molar-refractivity contribution in [3.8, 4) is 11.5 Å². The van der Waals surface area contributed by atoms with Crippen LogP contribution >= 0.6 is 0 Å². The highest BCUT2D eigenvalue weighted by Gasteiger charge is 2.37. The number of aryl methyl sites for hydroxylation is 2. The van der Waals surface area contributed by atoms with E-state index in [1.165, 1.54) is 11.1 Å². The minimum absolute atomic E-state index is 0.233. The van der Waals surface area contributed by atoms with Gasteiger partial charge in [-0.05, 0) is 43.6 Å². The maximum Gasteiger partial charge on any atom is 0.140 e. The summed E-state index contributed by atoms with van der Waals surface area (Å²) in [5, 5.41) is 3.67. The van der Waals surface area contributed by atoms with E-state index in [1.54, 1.807) is 0 Å². The molecule has 130 valence electrons. The molecule has 1 aliphatic heterocycles. The molecule has 1 saturated heterocycles. The molecule has 3 atom stereocenters. The molecule has 0 spiro atoms. The second-order valence-corrected chi connectivity index (χ2v) is 6.16. The molecule has 0 aromatic heterocycles. The number of azide groups is 1. The van der Waals surface area contributed by atoms with Gasteiger partial charge in [-0.15, -0.1) is 0 Å². The van der Waals surface area contributed by atoms with Crippen molar-refractivity contribution in [2.75, 3.05) is 6.61 Å². The Labute approximate surface area is 147 Å². The zero-order valence-electron chi connectivity index (χ0n) is 14.3. The van der Waals surface area contributed by atoms with Crippen LogP contribution in [0.5, 0.6) is 11.5 Å². The van der Waals surface area contributed by atoms with Gasteiger partial charge in [0.05, 0.1) is 0 Å². The smallest absolute Gasteiger partial charge is 0.140 e. The highest BCUT2D eigenvalue weighted by atomic mass is 16.6. The summed E-state index contributed by atoms with van der Waals surface area (Å²) in [6.07, 6.45) is -0.575. The lowest BCUT2D eigenvalue weighted by Gasteiger charge is -2.20. The molecule has 6 nitrogen and oxygen atoms in total. The molecule has 6 heteroatoms. The van der Waals surface area contributed by atoms with Crippen molar-refractivity contribution >= 4 is 0 Å². The van der Waals surface area contributed by atoms with Gasteiger partial charge in [-0.1, -0.05) is 40.5 Å². The summed E-state index contributed by atoms with van der Waals surface area (Å²) in [5.41, 5.74) is 11.0. The zero-order valence-corrected chi connectivity index (χ0v) is 14.3. The van der Waals surface area contributed by atoms with E-state index in [-0.39, 0.29) is 12.2 Å². The number of benzene rings is 2. The van der Waals surface area contributed by atoms with Crippen molar-refractivity contribution < 1.29 is 14.2 Å². The molecule has 3 rings (SSSR count). The molecule has 0 unspecified atom stereocenters. The van der Waals surface area contributed by atoms with Crippen LogP contribution in [0.1, 0.15) is 17.5 Å². The quantitative estimate of drug-likeness (QED) is 0.440. The SMILES string of the molecule is Cc1ccc(OC[C@H]2O[C@H](N=[N+]=[N-])C[C@@H]2Oc2ccc(C)cc2)cc1. The second kappa shape index (κ2) is 7.92. The average Bonchev–Trinajstić information content (AvgIpc) is 2.98. The minimum atomic E-state index is -0.535. The lowest BCUT2D eigenvalue weighted by Crippen LogP contribution is -2.32. The van der Waals surface area contributed by atoms with Crippen LogP contribution < -0.4 is 9.47 Å². The first kappa shape index (κ1) is 17.1. The van der Waals surface area contributed by atoms with E-state index in [0.29, 0.717) is 13.0 Å². The van der Waals surface area contributed by atoms with Crippen molar-refractivity contribution in [2.45, 2.75) is 38.7 Å². The first-order valence-electron chi connectivity index (χ1n) is 8.26. The molecule has 0 N–H and O–H groups in total. The number of ether oxygens (including phenoxy) is 3. The zero-order chi connectivity index (χ0) is 17.6. The Balaban J connectivity index is 1.66. The second-order valence-electron chi connectivity index (χ2n) is 6.16. The van der Waals surface area contributed by atoms with E-state index in [1.807, 2.05) is 62.4 Å². The Morgan fingerprint density at radius 2 is 1.64 bits per heavy atom. The molecular formula is C19H21N3O3. The number of hydrogen-bond donors (Lipinski definition) is 0. The summed E-state index contributed by atoms with van der Waals surface area (Å²) in [7, 11) is 0. The van der Waals surface area contributed by atoms with Gasteiger partial charge in [0.15, 0.2) is 0 Å². The van der Waals surface area contributed by atoms with Gasteiger partial charge in [-0.2, -0.15) is 0 Å². The third kappa shape index (κ3) is 4.66. The Kier molecular flexibility index (Phi) is 5.43. The van der Waals surface area contributed by atoms with Gasteiger partial charge in [0.25, 0.3) is 0 Å². The van der Waals surface area contributed by atoms with E-state index in [4.69, 9.17) is 19.7 Å². The first-order chi connectivity index (χ1) is 12.1. The van der Waals surface area contributed by atoms with Crippen LogP contribution in [0.4, 0.5) is 0 Å². The minimum Gasteiger partial charge on any atom is -0.491 e. The largest absolute Gasteiger partial charge is 0.491 e. The third-order valence-electron chi connectivity index (χ3n) is 4.10. The predicted octanol–water partition coefficient (Wildman–Crippen LogP) is 4.56. The summed E-state index contributed by atoms with van der Waals surface area (Å²) < 4.78 is 17.6. The molecular weight excluding hydrogens is 318 g/mol. The Morgan fingerprint density at radius 3 is 2.24 bits per heavy atom. The molecule has 1 heterocycles.